The van der Waals surface area contributed by atoms with Gasteiger partial charge in [0, 0.05) is 45.9 Å². The van der Waals surface area contributed by atoms with Gasteiger partial charge in [0.2, 0.25) is 0 Å². The highest BCUT2D eigenvalue weighted by atomic mass is 16.3. The first-order valence-electron chi connectivity index (χ1n) is 9.63. The van der Waals surface area contributed by atoms with Gasteiger partial charge in [-0.2, -0.15) is 0 Å². The topological polar surface area (TPSA) is 121 Å². The van der Waals surface area contributed by atoms with Gasteiger partial charge in [-0.15, -0.1) is 0 Å². The highest BCUT2D eigenvalue weighted by Gasteiger charge is 2.53. The molecule has 6 nitrogen and oxygen atoms in total. The van der Waals surface area contributed by atoms with E-state index in [0.717, 1.165) is 0 Å². The molecule has 0 radical (unpaired) electrons. The summed E-state index contributed by atoms with van der Waals surface area (Å²) < 4.78 is 0. The van der Waals surface area contributed by atoms with Gasteiger partial charge >= 0.3 is 0 Å². The van der Waals surface area contributed by atoms with Crippen molar-refractivity contribution in [2.45, 2.75) is 24.0 Å². The number of benzene rings is 4. The Morgan fingerprint density at radius 1 is 0.467 bits per heavy atom. The van der Waals surface area contributed by atoms with Crippen LogP contribution in [0.15, 0.2) is 60.7 Å². The number of rotatable bonds is 2. The Morgan fingerprint density at radius 3 is 1.17 bits per heavy atom. The largest absolute Gasteiger partial charge is 0.507 e. The van der Waals surface area contributed by atoms with Crippen molar-refractivity contribution in [3.8, 4) is 23.0 Å². The molecule has 30 heavy (non-hydrogen) atoms. The fourth-order valence-electron chi connectivity index (χ4n) is 4.82. The van der Waals surface area contributed by atoms with E-state index >= 15 is 0 Å². The predicted octanol–water partition coefficient (Wildman–Crippen LogP) is 3.42. The first kappa shape index (κ1) is 18.5. The SMILES string of the molecule is Oc1cc(O)c2ccccc2c1C1C(O)C(c2c(O)cc(O)c3ccccc23)C1O. The molecule has 5 rings (SSSR count). The zero-order valence-corrected chi connectivity index (χ0v) is 15.8. The van der Waals surface area contributed by atoms with Crippen molar-refractivity contribution in [3.63, 3.8) is 0 Å². The van der Waals surface area contributed by atoms with Crippen molar-refractivity contribution in [2.24, 2.45) is 0 Å². The molecule has 1 aliphatic carbocycles. The van der Waals surface area contributed by atoms with E-state index in [1.54, 1.807) is 48.5 Å². The molecule has 0 unspecified atom stereocenters. The van der Waals surface area contributed by atoms with Gasteiger partial charge in [0.1, 0.15) is 23.0 Å². The van der Waals surface area contributed by atoms with Crippen LogP contribution in [-0.2, 0) is 0 Å². The molecule has 1 fully saturated rings. The fraction of sp³-hybridized carbons (Fsp3) is 0.167. The lowest BCUT2D eigenvalue weighted by Crippen LogP contribution is -2.51. The van der Waals surface area contributed by atoms with Gasteiger partial charge < -0.3 is 30.6 Å². The molecule has 1 aliphatic rings. The lowest BCUT2D eigenvalue weighted by Gasteiger charge is -2.47. The average Bonchev–Trinajstić information content (AvgIpc) is 2.74. The lowest BCUT2D eigenvalue weighted by molar-refractivity contribution is -0.0787. The fourth-order valence-corrected chi connectivity index (χ4v) is 4.82. The maximum atomic E-state index is 11.0. The van der Waals surface area contributed by atoms with Gasteiger partial charge in [-0.05, 0) is 10.8 Å². The minimum atomic E-state index is -1.10. The summed E-state index contributed by atoms with van der Waals surface area (Å²) in [5.41, 5.74) is 0.699. The van der Waals surface area contributed by atoms with Crippen LogP contribution in [0.25, 0.3) is 21.5 Å². The average molecular weight is 404 g/mol. The third-order valence-corrected chi connectivity index (χ3v) is 6.22. The summed E-state index contributed by atoms with van der Waals surface area (Å²) in [7, 11) is 0. The molecule has 152 valence electrons. The number of aromatic hydroxyl groups is 4. The van der Waals surface area contributed by atoms with E-state index in [1.807, 2.05) is 0 Å². The van der Waals surface area contributed by atoms with E-state index in [-0.39, 0.29) is 23.0 Å². The van der Waals surface area contributed by atoms with E-state index < -0.39 is 24.0 Å². The summed E-state index contributed by atoms with van der Waals surface area (Å²) in [4.78, 5) is 0. The molecule has 6 N–H and O–H groups in total. The molecule has 0 heterocycles. The van der Waals surface area contributed by atoms with Gasteiger partial charge in [0.05, 0.1) is 12.2 Å². The second-order valence-electron chi connectivity index (χ2n) is 7.78. The van der Waals surface area contributed by atoms with Crippen molar-refractivity contribution in [3.05, 3.63) is 71.8 Å². The van der Waals surface area contributed by atoms with Crippen molar-refractivity contribution >= 4 is 21.5 Å². The molecule has 0 aliphatic heterocycles. The first-order chi connectivity index (χ1) is 14.4. The zero-order chi connectivity index (χ0) is 21.2. The van der Waals surface area contributed by atoms with Gasteiger partial charge in [-0.3, -0.25) is 0 Å². The minimum Gasteiger partial charge on any atom is -0.507 e. The Morgan fingerprint density at radius 2 is 0.800 bits per heavy atom. The smallest absolute Gasteiger partial charge is 0.127 e. The Kier molecular flexibility index (Phi) is 4.03. The maximum Gasteiger partial charge on any atom is 0.127 e. The van der Waals surface area contributed by atoms with Crippen LogP contribution >= 0.6 is 0 Å². The third kappa shape index (κ3) is 2.44. The molecule has 0 spiro atoms. The van der Waals surface area contributed by atoms with E-state index in [2.05, 4.69) is 0 Å². The number of phenolic OH excluding ortho intramolecular Hbond substituents is 4. The molecule has 0 amide bonds. The third-order valence-electron chi connectivity index (χ3n) is 6.22. The number of hydrogen-bond acceptors (Lipinski definition) is 6. The van der Waals surface area contributed by atoms with Crippen LogP contribution < -0.4 is 0 Å². The van der Waals surface area contributed by atoms with Crippen molar-refractivity contribution < 1.29 is 30.6 Å². The Bertz CT molecular complexity index is 1190. The van der Waals surface area contributed by atoms with Gasteiger partial charge in [0.25, 0.3) is 0 Å². The number of hydrogen-bond donors (Lipinski definition) is 6. The Labute approximate surface area is 171 Å². The summed E-state index contributed by atoms with van der Waals surface area (Å²) in [6, 6.07) is 16.2. The van der Waals surface area contributed by atoms with E-state index in [9.17, 15) is 30.6 Å². The zero-order valence-electron chi connectivity index (χ0n) is 15.8. The van der Waals surface area contributed by atoms with E-state index in [4.69, 9.17) is 0 Å². The van der Waals surface area contributed by atoms with Crippen LogP contribution in [0.2, 0.25) is 0 Å². The maximum absolute atomic E-state index is 11.0. The molecule has 6 heteroatoms. The Hall–Kier alpha value is -3.48. The number of aliphatic hydroxyl groups excluding tert-OH is 2. The second-order valence-corrected chi connectivity index (χ2v) is 7.78. The molecular weight excluding hydrogens is 384 g/mol. The highest BCUT2D eigenvalue weighted by Crippen LogP contribution is 2.55. The summed E-state index contributed by atoms with van der Waals surface area (Å²) >= 11 is 0. The molecule has 4 aromatic rings. The minimum absolute atomic E-state index is 0.0890. The van der Waals surface area contributed by atoms with Crippen LogP contribution in [0.4, 0.5) is 0 Å². The van der Waals surface area contributed by atoms with E-state index in [1.165, 1.54) is 12.1 Å². The van der Waals surface area contributed by atoms with Crippen molar-refractivity contribution in [2.75, 3.05) is 0 Å². The van der Waals surface area contributed by atoms with Crippen LogP contribution in [-0.4, -0.2) is 42.8 Å². The quantitative estimate of drug-likeness (QED) is 0.304. The number of aliphatic hydroxyl groups is 2. The molecule has 0 bridgehead atoms. The van der Waals surface area contributed by atoms with Crippen LogP contribution in [0.3, 0.4) is 0 Å². The summed E-state index contributed by atoms with van der Waals surface area (Å²) in [5.74, 6) is -2.23. The normalized spacial score (nSPS) is 23.5. The predicted molar refractivity (Wildman–Crippen MR) is 112 cm³/mol. The van der Waals surface area contributed by atoms with Crippen LogP contribution in [0, 0.1) is 0 Å². The first-order valence-corrected chi connectivity index (χ1v) is 9.63. The molecule has 0 saturated heterocycles. The van der Waals surface area contributed by atoms with Gasteiger partial charge in [-0.25, -0.2) is 0 Å². The standard InChI is InChI=1S/C24H20O6/c25-15-9-17(27)19(13-7-3-1-5-11(13)15)21-23(29)22(24(21)30)20-14-8-4-2-6-12(14)16(26)10-18(20)28/h1-10,21-30H. The molecule has 1 saturated carbocycles. The van der Waals surface area contributed by atoms with Crippen molar-refractivity contribution in [1.82, 2.24) is 0 Å². The summed E-state index contributed by atoms with van der Waals surface area (Å²) in [6.07, 6.45) is -2.20. The molecular formula is C24H20O6. The summed E-state index contributed by atoms with van der Waals surface area (Å²) in [5, 5.41) is 65.5. The molecule has 4 aromatic carbocycles. The van der Waals surface area contributed by atoms with Crippen molar-refractivity contribution in [1.29, 1.82) is 0 Å². The van der Waals surface area contributed by atoms with Crippen LogP contribution in [0.5, 0.6) is 23.0 Å². The van der Waals surface area contributed by atoms with Gasteiger partial charge in [0.15, 0.2) is 0 Å². The number of fused-ring (bicyclic) bond motifs is 2. The molecule has 0 atom stereocenters. The lowest BCUT2D eigenvalue weighted by atomic mass is 9.61. The number of phenols is 4. The van der Waals surface area contributed by atoms with E-state index in [0.29, 0.717) is 32.7 Å². The highest BCUT2D eigenvalue weighted by molar-refractivity contribution is 5.95. The Balaban J connectivity index is 1.65. The monoisotopic (exact) mass is 404 g/mol. The summed E-state index contributed by atoms with van der Waals surface area (Å²) in [6.45, 7) is 0. The molecule has 0 aromatic heterocycles. The second kappa shape index (κ2) is 6.52. The van der Waals surface area contributed by atoms with Crippen LogP contribution in [0.1, 0.15) is 23.0 Å². The van der Waals surface area contributed by atoms with Gasteiger partial charge in [-0.1, -0.05) is 48.5 Å².